The molecule has 0 fully saturated rings. The van der Waals surface area contributed by atoms with E-state index in [1.165, 1.54) is 12.1 Å². The minimum absolute atomic E-state index is 0.303. The van der Waals surface area contributed by atoms with E-state index < -0.39 is 5.67 Å². The SMILES string of the molecule is CC1(F)CCNCc2cc(F)ccc21. The van der Waals surface area contributed by atoms with Gasteiger partial charge in [0.05, 0.1) is 0 Å². The molecule has 3 heteroatoms. The molecule has 1 atom stereocenters. The summed E-state index contributed by atoms with van der Waals surface area (Å²) < 4.78 is 27.0. The Morgan fingerprint density at radius 1 is 1.43 bits per heavy atom. The summed E-state index contributed by atoms with van der Waals surface area (Å²) in [4.78, 5) is 0. The summed E-state index contributed by atoms with van der Waals surface area (Å²) in [6, 6.07) is 4.28. The molecular formula is C11H13F2N. The van der Waals surface area contributed by atoms with Crippen molar-refractivity contribution in [2.24, 2.45) is 0 Å². The fraction of sp³-hybridized carbons (Fsp3) is 0.455. The van der Waals surface area contributed by atoms with E-state index in [2.05, 4.69) is 5.32 Å². The van der Waals surface area contributed by atoms with Crippen LogP contribution in [0, 0.1) is 5.82 Å². The lowest BCUT2D eigenvalue weighted by atomic mass is 9.91. The van der Waals surface area contributed by atoms with Crippen LogP contribution in [0.25, 0.3) is 0 Å². The molecule has 0 saturated heterocycles. The van der Waals surface area contributed by atoms with E-state index in [0.29, 0.717) is 25.1 Å². The van der Waals surface area contributed by atoms with Crippen molar-refractivity contribution < 1.29 is 8.78 Å². The molecule has 1 aromatic carbocycles. The second kappa shape index (κ2) is 3.31. The first kappa shape index (κ1) is 9.59. The third-order valence-corrected chi connectivity index (χ3v) is 2.72. The Kier molecular flexibility index (Phi) is 2.27. The molecule has 0 aromatic heterocycles. The minimum atomic E-state index is -1.34. The quantitative estimate of drug-likeness (QED) is 0.673. The van der Waals surface area contributed by atoms with Gasteiger partial charge in [0.25, 0.3) is 0 Å². The maximum atomic E-state index is 14.1. The number of halogens is 2. The Morgan fingerprint density at radius 3 is 3.00 bits per heavy atom. The zero-order valence-electron chi connectivity index (χ0n) is 8.11. The van der Waals surface area contributed by atoms with E-state index in [0.717, 1.165) is 5.56 Å². The van der Waals surface area contributed by atoms with Gasteiger partial charge in [-0.15, -0.1) is 0 Å². The normalized spacial score (nSPS) is 26.8. The number of nitrogens with one attached hydrogen (secondary N) is 1. The van der Waals surface area contributed by atoms with Crippen LogP contribution in [0.5, 0.6) is 0 Å². The second-order valence-electron chi connectivity index (χ2n) is 3.93. The maximum absolute atomic E-state index is 14.1. The summed E-state index contributed by atoms with van der Waals surface area (Å²) in [5.41, 5.74) is 0.00315. The number of rotatable bonds is 0. The standard InChI is InChI=1S/C11H13F2N/c1-11(13)4-5-14-7-8-6-9(12)2-3-10(8)11/h2-3,6,14H,4-5,7H2,1H3. The Balaban J connectivity index is 2.50. The van der Waals surface area contributed by atoms with Crippen molar-refractivity contribution in [1.29, 1.82) is 0 Å². The zero-order valence-corrected chi connectivity index (χ0v) is 8.11. The van der Waals surface area contributed by atoms with Crippen molar-refractivity contribution in [1.82, 2.24) is 5.32 Å². The van der Waals surface area contributed by atoms with Crippen LogP contribution < -0.4 is 5.32 Å². The highest BCUT2D eigenvalue weighted by atomic mass is 19.1. The van der Waals surface area contributed by atoms with E-state index in [1.54, 1.807) is 13.0 Å². The molecule has 0 saturated carbocycles. The summed E-state index contributed by atoms with van der Waals surface area (Å²) in [6.45, 7) is 2.73. The van der Waals surface area contributed by atoms with Crippen LogP contribution in [-0.2, 0) is 12.2 Å². The van der Waals surface area contributed by atoms with Gasteiger partial charge in [0.1, 0.15) is 11.5 Å². The van der Waals surface area contributed by atoms with Crippen LogP contribution in [0.15, 0.2) is 18.2 Å². The Morgan fingerprint density at radius 2 is 2.21 bits per heavy atom. The minimum Gasteiger partial charge on any atom is -0.313 e. The van der Waals surface area contributed by atoms with Crippen molar-refractivity contribution >= 4 is 0 Å². The van der Waals surface area contributed by atoms with Crippen LogP contribution in [0.3, 0.4) is 0 Å². The highest BCUT2D eigenvalue weighted by Crippen LogP contribution is 2.33. The summed E-state index contributed by atoms with van der Waals surface area (Å²) >= 11 is 0. The molecule has 76 valence electrons. The monoisotopic (exact) mass is 197 g/mol. The third-order valence-electron chi connectivity index (χ3n) is 2.72. The van der Waals surface area contributed by atoms with Crippen molar-refractivity contribution in [3.63, 3.8) is 0 Å². The van der Waals surface area contributed by atoms with Gasteiger partial charge in [-0.05, 0) is 43.1 Å². The molecule has 1 N–H and O–H groups in total. The summed E-state index contributed by atoms with van der Waals surface area (Å²) in [5.74, 6) is -0.303. The fourth-order valence-corrected chi connectivity index (χ4v) is 1.90. The topological polar surface area (TPSA) is 12.0 Å². The number of benzene rings is 1. The van der Waals surface area contributed by atoms with Crippen LogP contribution in [0.4, 0.5) is 8.78 Å². The van der Waals surface area contributed by atoms with Gasteiger partial charge in [-0.1, -0.05) is 6.07 Å². The molecule has 1 aliphatic rings. The van der Waals surface area contributed by atoms with Crippen molar-refractivity contribution in [3.05, 3.63) is 35.1 Å². The summed E-state index contributed by atoms with van der Waals surface area (Å²) in [7, 11) is 0. The van der Waals surface area contributed by atoms with Gasteiger partial charge in [0.2, 0.25) is 0 Å². The van der Waals surface area contributed by atoms with Gasteiger partial charge < -0.3 is 5.32 Å². The third kappa shape index (κ3) is 1.64. The van der Waals surface area contributed by atoms with E-state index in [9.17, 15) is 8.78 Å². The number of hydrogen-bond donors (Lipinski definition) is 1. The molecule has 1 nitrogen and oxygen atoms in total. The average molecular weight is 197 g/mol. The van der Waals surface area contributed by atoms with Gasteiger partial charge in [-0.3, -0.25) is 0 Å². The van der Waals surface area contributed by atoms with Crippen LogP contribution in [-0.4, -0.2) is 6.54 Å². The largest absolute Gasteiger partial charge is 0.313 e. The molecule has 0 radical (unpaired) electrons. The van der Waals surface area contributed by atoms with E-state index in [4.69, 9.17) is 0 Å². The highest BCUT2D eigenvalue weighted by molar-refractivity contribution is 5.33. The molecule has 1 unspecified atom stereocenters. The Labute approximate surface area is 82.1 Å². The van der Waals surface area contributed by atoms with Gasteiger partial charge in [-0.25, -0.2) is 8.78 Å². The average Bonchev–Trinajstić information content (AvgIpc) is 2.25. The van der Waals surface area contributed by atoms with Crippen LogP contribution >= 0.6 is 0 Å². The van der Waals surface area contributed by atoms with Crippen molar-refractivity contribution in [2.45, 2.75) is 25.6 Å². The van der Waals surface area contributed by atoms with E-state index in [-0.39, 0.29) is 5.82 Å². The fourth-order valence-electron chi connectivity index (χ4n) is 1.90. The highest BCUT2D eigenvalue weighted by Gasteiger charge is 2.29. The predicted octanol–water partition coefficient (Wildman–Crippen LogP) is 2.50. The number of alkyl halides is 1. The molecule has 0 amide bonds. The summed E-state index contributed by atoms with van der Waals surface area (Å²) in [6.07, 6.45) is 0.436. The van der Waals surface area contributed by atoms with Gasteiger partial charge in [0.15, 0.2) is 0 Å². The number of hydrogen-bond acceptors (Lipinski definition) is 1. The van der Waals surface area contributed by atoms with E-state index >= 15 is 0 Å². The van der Waals surface area contributed by atoms with Gasteiger partial charge in [-0.2, -0.15) is 0 Å². The van der Waals surface area contributed by atoms with Crippen LogP contribution in [0.2, 0.25) is 0 Å². The van der Waals surface area contributed by atoms with Crippen LogP contribution in [0.1, 0.15) is 24.5 Å². The molecule has 2 rings (SSSR count). The predicted molar refractivity (Wildman–Crippen MR) is 51.2 cm³/mol. The smallest absolute Gasteiger partial charge is 0.134 e. The molecule has 14 heavy (non-hydrogen) atoms. The molecule has 0 spiro atoms. The second-order valence-corrected chi connectivity index (χ2v) is 3.93. The zero-order chi connectivity index (χ0) is 10.2. The first-order chi connectivity index (χ1) is 6.59. The van der Waals surface area contributed by atoms with Gasteiger partial charge >= 0.3 is 0 Å². The lowest BCUT2D eigenvalue weighted by Gasteiger charge is -2.20. The Bertz CT molecular complexity index is 347. The first-order valence-electron chi connectivity index (χ1n) is 4.78. The molecular weight excluding hydrogens is 184 g/mol. The number of fused-ring (bicyclic) bond motifs is 1. The molecule has 1 heterocycles. The van der Waals surface area contributed by atoms with Gasteiger partial charge in [0, 0.05) is 6.54 Å². The molecule has 0 aliphatic carbocycles. The molecule has 1 aromatic rings. The Hall–Kier alpha value is -0.960. The van der Waals surface area contributed by atoms with Crippen molar-refractivity contribution in [3.8, 4) is 0 Å². The maximum Gasteiger partial charge on any atom is 0.134 e. The molecule has 0 bridgehead atoms. The van der Waals surface area contributed by atoms with E-state index in [1.807, 2.05) is 0 Å². The van der Waals surface area contributed by atoms with Crippen molar-refractivity contribution in [2.75, 3.05) is 6.54 Å². The lowest BCUT2D eigenvalue weighted by Crippen LogP contribution is -2.18. The lowest BCUT2D eigenvalue weighted by molar-refractivity contribution is 0.180. The first-order valence-corrected chi connectivity index (χ1v) is 4.78. The summed E-state index contributed by atoms with van der Waals surface area (Å²) in [5, 5.41) is 3.08. The molecule has 1 aliphatic heterocycles.